The zero-order valence-corrected chi connectivity index (χ0v) is 13.2. The Balaban J connectivity index is 1.81. The van der Waals surface area contributed by atoms with Gasteiger partial charge in [0.05, 0.1) is 0 Å². The van der Waals surface area contributed by atoms with Crippen molar-refractivity contribution in [2.24, 2.45) is 5.92 Å². The molecule has 0 spiro atoms. The minimum Gasteiger partial charge on any atom is -0.381 e. The molecule has 3 nitrogen and oxygen atoms in total. The van der Waals surface area contributed by atoms with Gasteiger partial charge in [-0.25, -0.2) is 0 Å². The van der Waals surface area contributed by atoms with E-state index in [2.05, 4.69) is 17.1 Å². The molecule has 0 aromatic carbocycles. The van der Waals surface area contributed by atoms with Crippen LogP contribution in [0.5, 0.6) is 0 Å². The molecule has 1 aliphatic carbocycles. The Labute approximate surface area is 124 Å². The highest BCUT2D eigenvalue weighted by atomic mass is 16.5. The Kier molecular flexibility index (Phi) is 5.00. The van der Waals surface area contributed by atoms with Gasteiger partial charge in [-0.05, 0) is 64.1 Å². The lowest BCUT2D eigenvalue weighted by molar-refractivity contribution is 0.00129. The summed E-state index contributed by atoms with van der Waals surface area (Å²) >= 11 is 0. The van der Waals surface area contributed by atoms with Crippen molar-refractivity contribution in [1.29, 1.82) is 0 Å². The molecule has 2 aliphatic heterocycles. The third-order valence-electron chi connectivity index (χ3n) is 5.95. The van der Waals surface area contributed by atoms with E-state index in [0.717, 1.165) is 25.7 Å². The van der Waals surface area contributed by atoms with Crippen LogP contribution in [0.15, 0.2) is 0 Å². The van der Waals surface area contributed by atoms with Crippen LogP contribution < -0.4 is 5.32 Å². The molecule has 3 aliphatic rings. The maximum Gasteiger partial charge on any atom is 0.0469 e. The van der Waals surface area contributed by atoms with Crippen LogP contribution in [0.4, 0.5) is 0 Å². The molecule has 1 unspecified atom stereocenters. The van der Waals surface area contributed by atoms with Crippen LogP contribution in [0.25, 0.3) is 0 Å². The zero-order chi connectivity index (χ0) is 13.8. The lowest BCUT2D eigenvalue weighted by Gasteiger charge is -2.49. The fourth-order valence-corrected chi connectivity index (χ4v) is 5.04. The van der Waals surface area contributed by atoms with Crippen molar-refractivity contribution in [3.05, 3.63) is 0 Å². The predicted molar refractivity (Wildman–Crippen MR) is 83.0 cm³/mol. The fraction of sp³-hybridized carbons (Fsp3) is 1.00. The lowest BCUT2D eigenvalue weighted by Crippen LogP contribution is -2.62. The minimum absolute atomic E-state index is 0.467. The number of likely N-dealkylation sites (tertiary alicyclic amines) is 1. The van der Waals surface area contributed by atoms with E-state index >= 15 is 0 Å². The predicted octanol–water partition coefficient (Wildman–Crippen LogP) is 2.80. The highest BCUT2D eigenvalue weighted by Gasteiger charge is 2.48. The van der Waals surface area contributed by atoms with Gasteiger partial charge in [0.25, 0.3) is 0 Å². The van der Waals surface area contributed by atoms with Gasteiger partial charge >= 0.3 is 0 Å². The van der Waals surface area contributed by atoms with Crippen LogP contribution in [-0.2, 0) is 4.74 Å². The molecule has 3 fully saturated rings. The molecule has 20 heavy (non-hydrogen) atoms. The summed E-state index contributed by atoms with van der Waals surface area (Å²) in [5.41, 5.74) is 0.467. The SMILES string of the molecule is CCNC(C1CCOCC1)C1(N2CCCC2)CCCC1. The van der Waals surface area contributed by atoms with E-state index in [1.807, 2.05) is 0 Å². The Bertz CT molecular complexity index is 289. The van der Waals surface area contributed by atoms with Crippen molar-refractivity contribution < 1.29 is 4.74 Å². The normalized spacial score (nSPS) is 29.9. The molecule has 1 saturated carbocycles. The average Bonchev–Trinajstić information content (AvgIpc) is 3.17. The number of nitrogens with one attached hydrogen (secondary N) is 1. The van der Waals surface area contributed by atoms with E-state index < -0.39 is 0 Å². The van der Waals surface area contributed by atoms with Gasteiger partial charge in [-0.2, -0.15) is 0 Å². The summed E-state index contributed by atoms with van der Waals surface area (Å²) in [5, 5.41) is 3.91. The zero-order valence-electron chi connectivity index (χ0n) is 13.2. The molecular weight excluding hydrogens is 248 g/mol. The number of ether oxygens (including phenoxy) is 1. The lowest BCUT2D eigenvalue weighted by atomic mass is 9.76. The van der Waals surface area contributed by atoms with Crippen molar-refractivity contribution in [2.45, 2.75) is 69.9 Å². The van der Waals surface area contributed by atoms with E-state index in [1.54, 1.807) is 0 Å². The molecule has 0 amide bonds. The third-order valence-corrected chi connectivity index (χ3v) is 5.95. The van der Waals surface area contributed by atoms with Gasteiger partial charge in [-0.1, -0.05) is 19.8 Å². The standard InChI is InChI=1S/C17H32N2O/c1-2-18-16(15-7-13-20-14-8-15)17(9-3-4-10-17)19-11-5-6-12-19/h15-16,18H,2-14H2,1H3. The highest BCUT2D eigenvalue weighted by molar-refractivity contribution is 5.07. The smallest absolute Gasteiger partial charge is 0.0469 e. The minimum atomic E-state index is 0.467. The van der Waals surface area contributed by atoms with Crippen molar-refractivity contribution in [1.82, 2.24) is 10.2 Å². The van der Waals surface area contributed by atoms with Gasteiger partial charge in [0.1, 0.15) is 0 Å². The molecular formula is C17H32N2O. The van der Waals surface area contributed by atoms with Gasteiger partial charge in [-0.3, -0.25) is 4.90 Å². The summed E-state index contributed by atoms with van der Waals surface area (Å²) in [4.78, 5) is 2.86. The van der Waals surface area contributed by atoms with Crippen molar-refractivity contribution >= 4 is 0 Å². The van der Waals surface area contributed by atoms with E-state index in [1.165, 1.54) is 64.5 Å². The number of hydrogen-bond acceptors (Lipinski definition) is 3. The van der Waals surface area contributed by atoms with E-state index in [-0.39, 0.29) is 0 Å². The topological polar surface area (TPSA) is 24.5 Å². The summed E-state index contributed by atoms with van der Waals surface area (Å²) in [5.74, 6) is 0.822. The number of likely N-dealkylation sites (N-methyl/N-ethyl adjacent to an activating group) is 1. The fourth-order valence-electron chi connectivity index (χ4n) is 5.04. The molecule has 116 valence electrons. The van der Waals surface area contributed by atoms with Gasteiger partial charge in [0, 0.05) is 24.8 Å². The van der Waals surface area contributed by atoms with Crippen molar-refractivity contribution in [2.75, 3.05) is 32.8 Å². The van der Waals surface area contributed by atoms with Gasteiger partial charge in [0.15, 0.2) is 0 Å². The molecule has 0 aromatic rings. The number of hydrogen-bond donors (Lipinski definition) is 1. The Morgan fingerprint density at radius 2 is 1.75 bits per heavy atom. The quantitative estimate of drug-likeness (QED) is 0.838. The Morgan fingerprint density at radius 1 is 1.10 bits per heavy atom. The second-order valence-electron chi connectivity index (χ2n) is 6.99. The molecule has 3 heteroatoms. The monoisotopic (exact) mass is 280 g/mol. The maximum atomic E-state index is 5.61. The summed E-state index contributed by atoms with van der Waals surface area (Å²) in [6.07, 6.45) is 11.0. The summed E-state index contributed by atoms with van der Waals surface area (Å²) in [6.45, 7) is 8.01. The van der Waals surface area contributed by atoms with Crippen molar-refractivity contribution in [3.63, 3.8) is 0 Å². The van der Waals surface area contributed by atoms with E-state index in [9.17, 15) is 0 Å². The van der Waals surface area contributed by atoms with Crippen LogP contribution >= 0.6 is 0 Å². The Morgan fingerprint density at radius 3 is 2.35 bits per heavy atom. The second-order valence-corrected chi connectivity index (χ2v) is 6.99. The van der Waals surface area contributed by atoms with Gasteiger partial charge < -0.3 is 10.1 Å². The highest BCUT2D eigenvalue weighted by Crippen LogP contribution is 2.43. The van der Waals surface area contributed by atoms with Gasteiger partial charge in [0.2, 0.25) is 0 Å². The molecule has 0 bridgehead atoms. The van der Waals surface area contributed by atoms with E-state index in [4.69, 9.17) is 4.74 Å². The van der Waals surface area contributed by atoms with Crippen molar-refractivity contribution in [3.8, 4) is 0 Å². The molecule has 2 saturated heterocycles. The van der Waals surface area contributed by atoms with Gasteiger partial charge in [-0.15, -0.1) is 0 Å². The van der Waals surface area contributed by atoms with Crippen LogP contribution in [0.1, 0.15) is 58.3 Å². The first-order chi connectivity index (χ1) is 9.87. The summed E-state index contributed by atoms with van der Waals surface area (Å²) in [7, 11) is 0. The van der Waals surface area contributed by atoms with Crippen LogP contribution in [-0.4, -0.2) is 49.3 Å². The largest absolute Gasteiger partial charge is 0.381 e. The first-order valence-electron chi connectivity index (χ1n) is 8.93. The first kappa shape index (κ1) is 14.8. The van der Waals surface area contributed by atoms with Crippen LogP contribution in [0.3, 0.4) is 0 Å². The molecule has 0 aromatic heterocycles. The van der Waals surface area contributed by atoms with Crippen LogP contribution in [0.2, 0.25) is 0 Å². The number of nitrogens with zero attached hydrogens (tertiary/aromatic N) is 1. The third kappa shape index (κ3) is 2.77. The molecule has 3 rings (SSSR count). The molecule has 1 atom stereocenters. The van der Waals surface area contributed by atoms with Crippen LogP contribution in [0, 0.1) is 5.92 Å². The average molecular weight is 280 g/mol. The Hall–Kier alpha value is -0.120. The first-order valence-corrected chi connectivity index (χ1v) is 8.93. The molecule has 2 heterocycles. The molecule has 0 radical (unpaired) electrons. The molecule has 1 N–H and O–H groups in total. The summed E-state index contributed by atoms with van der Waals surface area (Å²) < 4.78 is 5.61. The second kappa shape index (κ2) is 6.76. The number of rotatable bonds is 5. The maximum absolute atomic E-state index is 5.61. The summed E-state index contributed by atoms with van der Waals surface area (Å²) in [6, 6.07) is 0.692. The van der Waals surface area contributed by atoms with E-state index in [0.29, 0.717) is 11.6 Å².